The maximum absolute atomic E-state index is 13.5. The summed E-state index contributed by atoms with van der Waals surface area (Å²) in [6.07, 6.45) is 1.17. The third kappa shape index (κ3) is 2.71. The van der Waals surface area contributed by atoms with E-state index in [1.54, 1.807) is 12.1 Å². The molecule has 0 aliphatic carbocycles. The van der Waals surface area contributed by atoms with Crippen LogP contribution in [0.4, 0.5) is 9.52 Å². The van der Waals surface area contributed by atoms with Crippen molar-refractivity contribution in [1.29, 1.82) is 0 Å². The topological polar surface area (TPSA) is 59.1 Å². The van der Waals surface area contributed by atoms with Gasteiger partial charge in [0.1, 0.15) is 15.7 Å². The predicted octanol–water partition coefficient (Wildman–Crippen LogP) is 2.42. The fourth-order valence-corrected chi connectivity index (χ4v) is 4.62. The van der Waals surface area contributed by atoms with Crippen molar-refractivity contribution in [1.82, 2.24) is 4.98 Å². The number of nitrogens with one attached hydrogen (secondary N) is 1. The predicted molar refractivity (Wildman–Crippen MR) is 74.9 cm³/mol. The maximum Gasteiger partial charge on any atom is 0.184 e. The van der Waals surface area contributed by atoms with Crippen LogP contribution in [0.5, 0.6) is 0 Å². The van der Waals surface area contributed by atoms with Gasteiger partial charge in [-0.1, -0.05) is 17.4 Å². The number of halogens is 1. The van der Waals surface area contributed by atoms with Crippen molar-refractivity contribution in [3.63, 3.8) is 0 Å². The van der Waals surface area contributed by atoms with E-state index in [0.717, 1.165) is 0 Å². The van der Waals surface area contributed by atoms with Gasteiger partial charge in [0.2, 0.25) is 0 Å². The molecule has 0 amide bonds. The van der Waals surface area contributed by atoms with Gasteiger partial charge < -0.3 is 5.32 Å². The number of hydrogen-bond acceptors (Lipinski definition) is 5. The second-order valence-electron chi connectivity index (χ2n) is 4.68. The summed E-state index contributed by atoms with van der Waals surface area (Å²) in [6.45, 7) is 0. The average molecular weight is 300 g/mol. The van der Waals surface area contributed by atoms with E-state index in [4.69, 9.17) is 0 Å². The summed E-state index contributed by atoms with van der Waals surface area (Å²) in [4.78, 5) is 4.32. The molecule has 0 spiro atoms. The largest absolute Gasteiger partial charge is 0.359 e. The molecule has 1 fully saturated rings. The van der Waals surface area contributed by atoms with Crippen LogP contribution in [0.1, 0.15) is 12.8 Å². The van der Waals surface area contributed by atoms with Crippen LogP contribution in [0.3, 0.4) is 0 Å². The molecule has 2 heterocycles. The highest BCUT2D eigenvalue weighted by atomic mass is 32.2. The number of anilines is 1. The van der Waals surface area contributed by atoms with Gasteiger partial charge in [-0.25, -0.2) is 17.8 Å². The van der Waals surface area contributed by atoms with E-state index in [2.05, 4.69) is 10.3 Å². The number of thiazole rings is 1. The molecule has 1 aromatic heterocycles. The van der Waals surface area contributed by atoms with Crippen LogP contribution in [0, 0.1) is 5.82 Å². The van der Waals surface area contributed by atoms with Gasteiger partial charge in [0.05, 0.1) is 21.7 Å². The summed E-state index contributed by atoms with van der Waals surface area (Å²) < 4.78 is 36.8. The average Bonchev–Trinajstić information content (AvgIpc) is 2.76. The first-order valence-electron chi connectivity index (χ1n) is 6.05. The van der Waals surface area contributed by atoms with Crippen LogP contribution in [0.25, 0.3) is 10.2 Å². The smallest absolute Gasteiger partial charge is 0.184 e. The molecule has 0 saturated carbocycles. The highest BCUT2D eigenvalue weighted by Crippen LogP contribution is 2.29. The summed E-state index contributed by atoms with van der Waals surface area (Å²) >= 11 is 1.27. The van der Waals surface area contributed by atoms with Crippen molar-refractivity contribution >= 4 is 36.5 Å². The van der Waals surface area contributed by atoms with Gasteiger partial charge in [-0.3, -0.25) is 0 Å². The Labute approximate surface area is 114 Å². The zero-order chi connectivity index (χ0) is 13.5. The summed E-state index contributed by atoms with van der Waals surface area (Å²) in [6, 6.07) is 4.92. The molecular formula is C12H13FN2O2S2. The quantitative estimate of drug-likeness (QED) is 0.925. The van der Waals surface area contributed by atoms with Crippen molar-refractivity contribution in [2.24, 2.45) is 0 Å². The van der Waals surface area contributed by atoms with Crippen LogP contribution in [0.15, 0.2) is 18.2 Å². The van der Waals surface area contributed by atoms with Crippen LogP contribution in [0.2, 0.25) is 0 Å². The van der Waals surface area contributed by atoms with Crippen molar-refractivity contribution in [3.05, 3.63) is 24.0 Å². The van der Waals surface area contributed by atoms with Gasteiger partial charge in [0.15, 0.2) is 5.13 Å². The normalized spacial score (nSPS) is 19.6. The molecule has 0 radical (unpaired) electrons. The van der Waals surface area contributed by atoms with Gasteiger partial charge >= 0.3 is 0 Å². The minimum absolute atomic E-state index is 0.104. The Balaban J connectivity index is 1.77. The molecule has 7 heteroatoms. The SMILES string of the molecule is O=S1(=O)CCC(Nc2nc3cccc(F)c3s2)CC1. The van der Waals surface area contributed by atoms with E-state index < -0.39 is 9.84 Å². The van der Waals surface area contributed by atoms with Crippen molar-refractivity contribution in [3.8, 4) is 0 Å². The molecule has 4 nitrogen and oxygen atoms in total. The Hall–Kier alpha value is -1.21. The number of sulfone groups is 1. The molecule has 3 rings (SSSR count). The third-order valence-corrected chi connectivity index (χ3v) is 5.98. The molecule has 1 N–H and O–H groups in total. The summed E-state index contributed by atoms with van der Waals surface area (Å²) in [7, 11) is -2.86. The monoisotopic (exact) mass is 300 g/mol. The van der Waals surface area contributed by atoms with Gasteiger partial charge in [0.25, 0.3) is 0 Å². The molecule has 19 heavy (non-hydrogen) atoms. The number of fused-ring (bicyclic) bond motifs is 1. The molecule has 1 aliphatic rings. The third-order valence-electron chi connectivity index (χ3n) is 3.25. The molecule has 1 saturated heterocycles. The van der Waals surface area contributed by atoms with Crippen molar-refractivity contribution in [2.75, 3.05) is 16.8 Å². The minimum atomic E-state index is -2.86. The van der Waals surface area contributed by atoms with E-state index in [-0.39, 0.29) is 23.4 Å². The minimum Gasteiger partial charge on any atom is -0.359 e. The van der Waals surface area contributed by atoms with E-state index in [0.29, 0.717) is 28.2 Å². The van der Waals surface area contributed by atoms with E-state index >= 15 is 0 Å². The molecule has 102 valence electrons. The van der Waals surface area contributed by atoms with Crippen LogP contribution < -0.4 is 5.32 Å². The first-order valence-corrected chi connectivity index (χ1v) is 8.69. The lowest BCUT2D eigenvalue weighted by atomic mass is 10.2. The number of aromatic nitrogens is 1. The van der Waals surface area contributed by atoms with Gasteiger partial charge in [-0.05, 0) is 25.0 Å². The number of benzene rings is 1. The second-order valence-corrected chi connectivity index (χ2v) is 7.98. The Morgan fingerprint density at radius 3 is 2.74 bits per heavy atom. The first kappa shape index (κ1) is 12.8. The Morgan fingerprint density at radius 1 is 1.32 bits per heavy atom. The fourth-order valence-electron chi connectivity index (χ4n) is 2.19. The summed E-state index contributed by atoms with van der Waals surface area (Å²) in [5, 5.41) is 3.87. The van der Waals surface area contributed by atoms with Gasteiger partial charge in [0, 0.05) is 6.04 Å². The molecule has 0 bridgehead atoms. The fraction of sp³-hybridized carbons (Fsp3) is 0.417. The second kappa shape index (κ2) is 4.72. The maximum atomic E-state index is 13.5. The first-order chi connectivity index (χ1) is 9.03. The number of nitrogens with zero attached hydrogens (tertiary/aromatic N) is 1. The summed E-state index contributed by atoms with van der Waals surface area (Å²) in [5.74, 6) is 0.155. The molecule has 2 aromatic rings. The highest BCUT2D eigenvalue weighted by Gasteiger charge is 2.24. The Kier molecular flexibility index (Phi) is 3.18. The van der Waals surface area contributed by atoms with Crippen LogP contribution in [-0.4, -0.2) is 30.9 Å². The Morgan fingerprint density at radius 2 is 2.05 bits per heavy atom. The molecular weight excluding hydrogens is 287 g/mol. The number of hydrogen-bond donors (Lipinski definition) is 1. The van der Waals surface area contributed by atoms with Crippen molar-refractivity contribution in [2.45, 2.75) is 18.9 Å². The van der Waals surface area contributed by atoms with Gasteiger partial charge in [-0.2, -0.15) is 0 Å². The lowest BCUT2D eigenvalue weighted by Gasteiger charge is -2.22. The van der Waals surface area contributed by atoms with Crippen LogP contribution >= 0.6 is 11.3 Å². The summed E-state index contributed by atoms with van der Waals surface area (Å²) in [5.41, 5.74) is 0.635. The molecule has 0 atom stereocenters. The molecule has 0 unspecified atom stereocenters. The standard InChI is InChI=1S/C12H13FN2O2S2/c13-9-2-1-3-10-11(9)18-12(15-10)14-8-4-6-19(16,17)7-5-8/h1-3,8H,4-7H2,(H,14,15). The van der Waals surface area contributed by atoms with Crippen LogP contribution in [-0.2, 0) is 9.84 Å². The molecule has 1 aromatic carbocycles. The van der Waals surface area contributed by atoms with Crippen molar-refractivity contribution < 1.29 is 12.8 Å². The molecule has 1 aliphatic heterocycles. The number of rotatable bonds is 2. The Bertz CT molecular complexity index is 698. The zero-order valence-electron chi connectivity index (χ0n) is 10.1. The lowest BCUT2D eigenvalue weighted by molar-refractivity contribution is 0.559. The lowest BCUT2D eigenvalue weighted by Crippen LogP contribution is -2.32. The van der Waals surface area contributed by atoms with Gasteiger partial charge in [-0.15, -0.1) is 0 Å². The zero-order valence-corrected chi connectivity index (χ0v) is 11.7. The van der Waals surface area contributed by atoms with E-state index in [9.17, 15) is 12.8 Å². The van der Waals surface area contributed by atoms with E-state index in [1.165, 1.54) is 17.4 Å². The highest BCUT2D eigenvalue weighted by molar-refractivity contribution is 7.91. The van der Waals surface area contributed by atoms with E-state index in [1.807, 2.05) is 0 Å².